The maximum atomic E-state index is 15.1. The van der Waals surface area contributed by atoms with Crippen LogP contribution < -0.4 is 23.7 Å². The summed E-state index contributed by atoms with van der Waals surface area (Å²) in [6, 6.07) is 8.48. The van der Waals surface area contributed by atoms with Crippen LogP contribution in [0.15, 0.2) is 42.5 Å². The number of ketones is 1. The smallest absolute Gasteiger partial charge is 0.326 e. The number of hydrogen-bond donors (Lipinski definition) is 2. The van der Waals surface area contributed by atoms with Gasteiger partial charge in [-0.1, -0.05) is 88.2 Å². The molecule has 568 valence electrons. The Balaban J connectivity index is 0.000000218. The summed E-state index contributed by atoms with van der Waals surface area (Å²) in [6.07, 6.45) is 7.63. The summed E-state index contributed by atoms with van der Waals surface area (Å²) in [6.45, 7) is 20.6. The van der Waals surface area contributed by atoms with Crippen molar-refractivity contribution in [2.24, 2.45) is 69.5 Å². The molecule has 6 heterocycles. The monoisotopic (exact) mass is 1470 g/mol. The van der Waals surface area contributed by atoms with E-state index in [0.717, 1.165) is 69.0 Å². The van der Waals surface area contributed by atoms with Crippen LogP contribution in [0.4, 0.5) is 8.78 Å². The molecule has 2 aromatic heterocycles. The van der Waals surface area contributed by atoms with Crippen LogP contribution in [0.2, 0.25) is 0 Å². The molecule has 8 aliphatic rings. The summed E-state index contributed by atoms with van der Waals surface area (Å²) in [5.41, 5.74) is 0.231. The number of benzene rings is 2. The first-order chi connectivity index (χ1) is 49.0. The third-order valence-electron chi connectivity index (χ3n) is 22.8. The number of esters is 2. The number of aliphatic carboxylic acids is 1. The van der Waals surface area contributed by atoms with E-state index in [9.17, 15) is 46.3 Å². The Morgan fingerprint density at radius 2 is 1.18 bits per heavy atom. The van der Waals surface area contributed by atoms with Crippen LogP contribution in [0.25, 0.3) is 28.1 Å². The summed E-state index contributed by atoms with van der Waals surface area (Å²) >= 11 is 0. The zero-order valence-electron chi connectivity index (χ0n) is 62.4. The lowest BCUT2D eigenvalue weighted by Crippen LogP contribution is -2.50. The molecule has 4 aromatic rings. The number of carboxylic acid groups (broad SMARTS) is 1. The average molecular weight is 1470 g/mol. The largest absolute Gasteiger partial charge is 0.497 e. The number of allylic oxidation sites excluding steroid dienone is 1. The van der Waals surface area contributed by atoms with Crippen LogP contribution in [0, 0.1) is 69.5 Å². The number of amides is 3. The van der Waals surface area contributed by atoms with Gasteiger partial charge in [0.25, 0.3) is 0 Å². The second-order valence-corrected chi connectivity index (χ2v) is 36.0. The molecule has 0 spiro atoms. The molecule has 2 N–H and O–H groups in total. The fraction of sp³-hybridized carbons (Fsp3) is 0.679. The van der Waals surface area contributed by atoms with Crippen LogP contribution in [-0.4, -0.2) is 160 Å². The van der Waals surface area contributed by atoms with E-state index in [4.69, 9.17) is 48.4 Å². The Hall–Kier alpha value is -7.64. The summed E-state index contributed by atoms with van der Waals surface area (Å²) in [4.78, 5) is 120. The second kappa shape index (κ2) is 30.7. The first-order valence-corrected chi connectivity index (χ1v) is 38.8. The van der Waals surface area contributed by atoms with Crippen LogP contribution in [-0.2, 0) is 59.5 Å². The number of nitrogens with zero attached hydrogens (tertiary/aromatic N) is 6. The van der Waals surface area contributed by atoms with Gasteiger partial charge in [0.15, 0.2) is 5.78 Å². The number of halogens is 2. The van der Waals surface area contributed by atoms with E-state index in [1.54, 1.807) is 32.4 Å². The molecule has 23 nitrogen and oxygen atoms in total. The van der Waals surface area contributed by atoms with Gasteiger partial charge in [-0.2, -0.15) is 0 Å². The number of alkyl halides is 2. The molecule has 2 saturated heterocycles. The number of rotatable bonds is 14. The van der Waals surface area contributed by atoms with Crippen molar-refractivity contribution in [3.8, 4) is 23.3 Å². The minimum atomic E-state index is -4.21. The summed E-state index contributed by atoms with van der Waals surface area (Å²) in [7, 11) is -1.07. The molecule has 3 amide bonds. The van der Waals surface area contributed by atoms with Crippen LogP contribution in [0.5, 0.6) is 23.3 Å². The molecule has 4 aliphatic heterocycles. The Kier molecular flexibility index (Phi) is 22.8. The van der Waals surface area contributed by atoms with Crippen molar-refractivity contribution in [3.63, 3.8) is 0 Å². The second-order valence-electron chi connectivity index (χ2n) is 33.8. The van der Waals surface area contributed by atoms with Gasteiger partial charge < -0.3 is 43.3 Å². The van der Waals surface area contributed by atoms with Gasteiger partial charge in [-0.05, 0) is 155 Å². The highest BCUT2D eigenvalue weighted by molar-refractivity contribution is 7.91. The molecule has 4 saturated carbocycles. The Bertz CT molecular complexity index is 4060. The highest BCUT2D eigenvalue weighted by Crippen LogP contribution is 2.60. The summed E-state index contributed by atoms with van der Waals surface area (Å²) in [5, 5.41) is 10.5. The van der Waals surface area contributed by atoms with Crippen molar-refractivity contribution in [3.05, 3.63) is 53.9 Å². The summed E-state index contributed by atoms with van der Waals surface area (Å²) < 4.78 is 92.2. The molecule has 14 atom stereocenters. The fourth-order valence-electron chi connectivity index (χ4n) is 15.9. The Labute approximate surface area is 608 Å². The number of sulfonamides is 1. The molecule has 26 heteroatoms. The number of nitrogens with one attached hydrogen (secondary N) is 1. The molecule has 12 rings (SSSR count). The molecule has 2 aromatic carbocycles. The molecule has 0 radical (unpaired) electrons. The lowest BCUT2D eigenvalue weighted by Gasteiger charge is -2.36. The number of fused-ring (bicyclic) bond motifs is 10. The van der Waals surface area contributed by atoms with Crippen molar-refractivity contribution in [1.29, 1.82) is 0 Å². The maximum Gasteiger partial charge on any atom is 0.326 e. The molecule has 4 bridgehead atoms. The van der Waals surface area contributed by atoms with Gasteiger partial charge in [0.1, 0.15) is 53.3 Å². The zero-order valence-corrected chi connectivity index (χ0v) is 63.2. The topological polar surface area (TPSA) is 299 Å². The number of aryl methyl sites for hydroxylation is 1. The average Bonchev–Trinajstić information content (AvgIpc) is 1.56. The van der Waals surface area contributed by atoms with Gasteiger partial charge in [-0.15, -0.1) is 0 Å². The predicted molar refractivity (Wildman–Crippen MR) is 383 cm³/mol. The molecular formula is C78H105F2N7O16S. The quantitative estimate of drug-likeness (QED) is 0.111. The Morgan fingerprint density at radius 3 is 1.68 bits per heavy atom. The van der Waals surface area contributed by atoms with Crippen molar-refractivity contribution in [1.82, 2.24) is 34.5 Å². The number of hydrogen-bond acceptors (Lipinski definition) is 19. The molecule has 6 fully saturated rings. The highest BCUT2D eigenvalue weighted by Gasteiger charge is 2.67. The first kappa shape index (κ1) is 77.5. The van der Waals surface area contributed by atoms with Crippen LogP contribution >= 0.6 is 0 Å². The first-order valence-electron chi connectivity index (χ1n) is 37.3. The van der Waals surface area contributed by atoms with E-state index in [1.807, 2.05) is 99.6 Å². The van der Waals surface area contributed by atoms with E-state index < -0.39 is 140 Å². The highest BCUT2D eigenvalue weighted by atomic mass is 32.2. The van der Waals surface area contributed by atoms with Crippen molar-refractivity contribution < 1.29 is 84.3 Å². The van der Waals surface area contributed by atoms with E-state index in [-0.39, 0.29) is 67.7 Å². The molecule has 0 unspecified atom stereocenters. The van der Waals surface area contributed by atoms with E-state index >= 15 is 9.59 Å². The minimum absolute atomic E-state index is 0.0457. The fourth-order valence-corrected chi connectivity index (χ4v) is 17.3. The minimum Gasteiger partial charge on any atom is -0.497 e. The van der Waals surface area contributed by atoms with Gasteiger partial charge in [-0.3, -0.25) is 33.5 Å². The number of methoxy groups -OCH3 is 2. The standard InChI is InChI=1S/C44H58F2N4O9S.C34H47N3O7/c1-24(2)17-27-35-23-50(37(27)33(51)22-44(21-29(44)38(45)46)41(54)49-60(55,56)43(6)15-16-43)40(53)28(42(3,4)5)20-36(52)58-34-18-25(34)11-9-8-10-12-31-39(59-35)48-32-19-26(57-7)13-14-30(32)47-31;1-19(2)14-22-28-18-37(30(22)33(40)41)32(39)23(34(3,4)5)17-29(38)43-27-15-20(27)10-8-7-9-11-25-31(44-28)36-26-16-21(42-6)12-13-24(26)35-25/h10,12-14,19,24-25,27-29,34-35,37-38H,8-9,11,15-18,20-23H2,1-7H3,(H,49,54);12-13,16,19-20,22-23,27-28,30H,7-11,14-15,17-18H2,1-6H3,(H,40,41)/b12-10+;/t25-,27-,28-,29+,34-,35+,37+,44-;20-,22-,23-,27-,28+,30+/m11/s1. The third kappa shape index (κ3) is 17.4. The lowest BCUT2D eigenvalue weighted by atomic mass is 9.77. The van der Waals surface area contributed by atoms with Gasteiger partial charge in [0.05, 0.1) is 90.3 Å². The van der Waals surface area contributed by atoms with Gasteiger partial charge >= 0.3 is 17.9 Å². The number of Topliss-reactive ketones (excluding diaryl/α,β-unsaturated/α-hetero) is 1. The number of carboxylic acids is 1. The Morgan fingerprint density at radius 1 is 0.673 bits per heavy atom. The van der Waals surface area contributed by atoms with Crippen LogP contribution in [0.3, 0.4) is 0 Å². The zero-order chi connectivity index (χ0) is 75.3. The number of carbonyl (C=O) groups is 7. The SMILES string of the molecule is COc1ccc2nc3c(nc2c1)O[C@H]1CN(C(=O)[C@H](C(C)(C)C)CC(=O)O[C@@H]2C[C@H]2CCC/C=C/3)[C@H](C(=O)C[C@]2(C(=O)NS(=O)(=O)C3(C)CC3)C[C@H]2C(F)F)[C@@H]1CC(C)C.COc1ccc2nc3c(nc2c1)O[C@H]1CN(C(=O)[C@H](C(C)(C)C)CC(=O)O[C@@H]2C[C@H]2CCCCC3)[C@H](C(=O)O)[C@@H]1CC(C)C. The van der Waals surface area contributed by atoms with Gasteiger partial charge in [0, 0.05) is 36.3 Å². The van der Waals surface area contributed by atoms with Gasteiger partial charge in [-0.25, -0.2) is 41.9 Å². The number of ether oxygens (including phenoxy) is 6. The van der Waals surface area contributed by atoms with Crippen molar-refractivity contribution in [2.45, 2.75) is 239 Å². The van der Waals surface area contributed by atoms with Gasteiger partial charge in [0.2, 0.25) is 45.9 Å². The third-order valence-corrected chi connectivity index (χ3v) is 24.9. The van der Waals surface area contributed by atoms with Crippen molar-refractivity contribution >= 4 is 79.6 Å². The maximum absolute atomic E-state index is 15.1. The molecule has 4 aliphatic carbocycles. The van der Waals surface area contributed by atoms with E-state index in [1.165, 1.54) is 16.7 Å². The normalized spacial score (nSPS) is 29.9. The predicted octanol–water partition coefficient (Wildman–Crippen LogP) is 12.1. The van der Waals surface area contributed by atoms with Crippen LogP contribution in [0.1, 0.15) is 197 Å². The lowest BCUT2D eigenvalue weighted by molar-refractivity contribution is -0.157. The van der Waals surface area contributed by atoms with E-state index in [2.05, 4.69) is 4.72 Å². The molecular weight excluding hydrogens is 1360 g/mol. The molecule has 104 heavy (non-hydrogen) atoms. The summed E-state index contributed by atoms with van der Waals surface area (Å²) in [5.74, 6) is -6.67. The van der Waals surface area contributed by atoms with E-state index in [0.29, 0.717) is 77.6 Å². The number of aromatic nitrogens is 4. The number of carbonyl (C=O) groups excluding carboxylic acids is 6. The van der Waals surface area contributed by atoms with Crippen molar-refractivity contribution in [2.75, 3.05) is 27.3 Å².